The highest BCUT2D eigenvalue weighted by atomic mass is 32.1. The van der Waals surface area contributed by atoms with Gasteiger partial charge in [-0.15, -0.1) is 0 Å². The smallest absolute Gasteiger partial charge is 0.112 e. The third-order valence-electron chi connectivity index (χ3n) is 4.12. The zero-order valence-corrected chi connectivity index (χ0v) is 14.1. The first-order valence-corrected chi connectivity index (χ1v) is 8.26. The highest BCUT2D eigenvalue weighted by Gasteiger charge is 2.16. The van der Waals surface area contributed by atoms with Gasteiger partial charge in [-0.3, -0.25) is 0 Å². The van der Waals surface area contributed by atoms with Crippen LogP contribution in [-0.2, 0) is 12.8 Å². The van der Waals surface area contributed by atoms with Crippen LogP contribution in [0.15, 0.2) is 23.8 Å². The molecule has 0 bridgehead atoms. The number of aromatic nitrogens is 1. The van der Waals surface area contributed by atoms with Crippen molar-refractivity contribution in [2.24, 2.45) is 11.7 Å². The van der Waals surface area contributed by atoms with Crippen molar-refractivity contribution in [1.29, 1.82) is 5.26 Å². The molecule has 1 aliphatic carbocycles. The first kappa shape index (κ1) is 16.5. The summed E-state index contributed by atoms with van der Waals surface area (Å²) >= 11 is 5.36. The van der Waals surface area contributed by atoms with E-state index in [1.54, 1.807) is 0 Å². The van der Waals surface area contributed by atoms with Gasteiger partial charge in [0.1, 0.15) is 4.64 Å². The predicted octanol–water partition coefficient (Wildman–Crippen LogP) is 4.42. The van der Waals surface area contributed by atoms with E-state index in [1.807, 2.05) is 6.07 Å². The molecule has 22 heavy (non-hydrogen) atoms. The lowest BCUT2D eigenvalue weighted by Gasteiger charge is -2.21. The highest BCUT2D eigenvalue weighted by molar-refractivity contribution is 7.71. The molecule has 116 valence electrons. The van der Waals surface area contributed by atoms with Crippen LogP contribution in [0.3, 0.4) is 0 Å². The van der Waals surface area contributed by atoms with Crippen molar-refractivity contribution in [1.82, 2.24) is 4.98 Å². The minimum Gasteiger partial charge on any atom is -0.398 e. The molecule has 0 saturated heterocycles. The average molecular weight is 313 g/mol. The zero-order valence-electron chi connectivity index (χ0n) is 13.3. The number of nitrogens with two attached hydrogens (primary N) is 1. The second kappa shape index (κ2) is 7.42. The van der Waals surface area contributed by atoms with E-state index < -0.39 is 0 Å². The summed E-state index contributed by atoms with van der Waals surface area (Å²) in [6.45, 7) is 4.51. The topological polar surface area (TPSA) is 65.6 Å². The van der Waals surface area contributed by atoms with E-state index in [4.69, 9.17) is 23.2 Å². The lowest BCUT2D eigenvalue weighted by atomic mass is 9.88. The number of rotatable bonds is 4. The molecule has 0 aliphatic heterocycles. The SMILES string of the molecule is CCCC(C)/C=C1\CCc2[nH]c(=S)c(/C(N)=C/C#N)cc2C1. The number of nitrogens with one attached hydrogen (secondary N) is 1. The van der Waals surface area contributed by atoms with E-state index in [2.05, 4.69) is 31.0 Å². The lowest BCUT2D eigenvalue weighted by Crippen LogP contribution is -2.11. The van der Waals surface area contributed by atoms with E-state index in [9.17, 15) is 0 Å². The predicted molar refractivity (Wildman–Crippen MR) is 93.6 cm³/mol. The summed E-state index contributed by atoms with van der Waals surface area (Å²) < 4.78 is 0.620. The molecule has 0 aromatic carbocycles. The molecule has 1 atom stereocenters. The van der Waals surface area contributed by atoms with Gasteiger partial charge in [-0.2, -0.15) is 5.26 Å². The summed E-state index contributed by atoms with van der Waals surface area (Å²) in [4.78, 5) is 3.29. The Labute approximate surface area is 137 Å². The van der Waals surface area contributed by atoms with E-state index in [0.717, 1.165) is 24.8 Å². The number of fused-ring (bicyclic) bond motifs is 1. The van der Waals surface area contributed by atoms with Crippen molar-refractivity contribution in [2.75, 3.05) is 0 Å². The largest absolute Gasteiger partial charge is 0.398 e. The summed E-state index contributed by atoms with van der Waals surface area (Å²) in [6.07, 6.45) is 9.24. The monoisotopic (exact) mass is 313 g/mol. The minimum absolute atomic E-state index is 0.432. The number of H-pyrrole nitrogens is 1. The fraction of sp³-hybridized carbons (Fsp3) is 0.444. The van der Waals surface area contributed by atoms with Crippen molar-refractivity contribution >= 4 is 17.9 Å². The van der Waals surface area contributed by atoms with Crippen molar-refractivity contribution in [2.45, 2.75) is 46.0 Å². The first-order chi connectivity index (χ1) is 10.5. The molecule has 0 spiro atoms. The van der Waals surface area contributed by atoms with Gasteiger partial charge in [-0.1, -0.05) is 44.1 Å². The Kier molecular flexibility index (Phi) is 5.57. The van der Waals surface area contributed by atoms with Crippen LogP contribution in [0.5, 0.6) is 0 Å². The number of nitrogens with zero attached hydrogens (tertiary/aromatic N) is 1. The third kappa shape index (κ3) is 3.86. The second-order valence-electron chi connectivity index (χ2n) is 6.01. The van der Waals surface area contributed by atoms with E-state index >= 15 is 0 Å². The number of aromatic amines is 1. The van der Waals surface area contributed by atoms with E-state index in [-0.39, 0.29) is 0 Å². The molecule has 4 heteroatoms. The summed E-state index contributed by atoms with van der Waals surface area (Å²) in [7, 11) is 0. The second-order valence-corrected chi connectivity index (χ2v) is 6.42. The molecular weight excluding hydrogens is 290 g/mol. The Hall–Kier alpha value is -1.86. The van der Waals surface area contributed by atoms with Gasteiger partial charge in [-0.05, 0) is 43.2 Å². The molecule has 1 unspecified atom stereocenters. The maximum atomic E-state index is 8.76. The Morgan fingerprint density at radius 3 is 3.00 bits per heavy atom. The number of nitriles is 1. The molecule has 3 nitrogen and oxygen atoms in total. The Bertz CT molecular complexity index is 704. The Morgan fingerprint density at radius 1 is 1.55 bits per heavy atom. The van der Waals surface area contributed by atoms with Crippen molar-refractivity contribution in [3.8, 4) is 6.07 Å². The van der Waals surface area contributed by atoms with Crippen LogP contribution in [0.1, 0.15) is 49.9 Å². The quantitative estimate of drug-likeness (QED) is 0.491. The molecule has 3 N–H and O–H groups in total. The van der Waals surface area contributed by atoms with Gasteiger partial charge in [0.05, 0.1) is 11.8 Å². The normalized spacial score (nSPS) is 17.9. The van der Waals surface area contributed by atoms with Crippen LogP contribution < -0.4 is 5.73 Å². The maximum Gasteiger partial charge on any atom is 0.112 e. The first-order valence-electron chi connectivity index (χ1n) is 7.85. The van der Waals surface area contributed by atoms with Crippen molar-refractivity contribution < 1.29 is 0 Å². The summed E-state index contributed by atoms with van der Waals surface area (Å²) in [5.41, 5.74) is 11.1. The van der Waals surface area contributed by atoms with Gasteiger partial charge in [0.25, 0.3) is 0 Å². The van der Waals surface area contributed by atoms with Gasteiger partial charge in [-0.25, -0.2) is 0 Å². The van der Waals surface area contributed by atoms with Gasteiger partial charge in [0.2, 0.25) is 0 Å². The van der Waals surface area contributed by atoms with Crippen LogP contribution in [0, 0.1) is 21.9 Å². The molecule has 1 aliphatic rings. The number of aryl methyl sites for hydroxylation is 1. The Morgan fingerprint density at radius 2 is 2.32 bits per heavy atom. The molecule has 0 radical (unpaired) electrons. The van der Waals surface area contributed by atoms with Crippen LogP contribution in [0.2, 0.25) is 0 Å². The highest BCUT2D eigenvalue weighted by Crippen LogP contribution is 2.27. The molecule has 1 aromatic heterocycles. The molecular formula is C18H23N3S. The van der Waals surface area contributed by atoms with Crippen LogP contribution in [-0.4, -0.2) is 4.98 Å². The molecule has 0 fully saturated rings. The van der Waals surface area contributed by atoms with Crippen LogP contribution in [0.25, 0.3) is 5.70 Å². The van der Waals surface area contributed by atoms with Gasteiger partial charge in [0, 0.05) is 17.3 Å². The summed E-state index contributed by atoms with van der Waals surface area (Å²) in [5.74, 6) is 0.631. The van der Waals surface area contributed by atoms with Gasteiger partial charge in [0.15, 0.2) is 0 Å². The summed E-state index contributed by atoms with van der Waals surface area (Å²) in [6, 6.07) is 4.01. The summed E-state index contributed by atoms with van der Waals surface area (Å²) in [5, 5.41) is 8.76. The zero-order chi connectivity index (χ0) is 16.1. The van der Waals surface area contributed by atoms with E-state index in [0.29, 0.717) is 16.3 Å². The van der Waals surface area contributed by atoms with Crippen molar-refractivity contribution in [3.05, 3.63) is 45.3 Å². The molecule has 1 aromatic rings. The number of allylic oxidation sites excluding steroid dienone is 3. The van der Waals surface area contributed by atoms with Crippen LogP contribution >= 0.6 is 12.2 Å². The third-order valence-corrected chi connectivity index (χ3v) is 4.45. The number of pyridine rings is 1. The molecule has 0 saturated carbocycles. The van der Waals surface area contributed by atoms with Gasteiger partial charge < -0.3 is 10.7 Å². The lowest BCUT2D eigenvalue weighted by molar-refractivity contribution is 0.622. The Balaban J connectivity index is 2.32. The fourth-order valence-electron chi connectivity index (χ4n) is 3.06. The maximum absolute atomic E-state index is 8.76. The van der Waals surface area contributed by atoms with Crippen molar-refractivity contribution in [3.63, 3.8) is 0 Å². The van der Waals surface area contributed by atoms with Crippen LogP contribution in [0.4, 0.5) is 0 Å². The molecule has 1 heterocycles. The fourth-order valence-corrected chi connectivity index (χ4v) is 3.36. The molecule has 0 amide bonds. The molecule has 2 rings (SSSR count). The number of hydrogen-bond acceptors (Lipinski definition) is 3. The van der Waals surface area contributed by atoms with E-state index in [1.165, 1.54) is 35.7 Å². The average Bonchev–Trinajstić information content (AvgIpc) is 2.47. The minimum atomic E-state index is 0.432. The standard InChI is InChI=1S/C18H23N3S/c1-3-4-12(2)9-13-5-6-17-14(10-13)11-15(18(22)21-17)16(20)7-8-19/h7,9,11-12H,3-6,10,20H2,1-2H3,(H,21,22)/b13-9+,16-7-. The number of hydrogen-bond donors (Lipinski definition) is 2. The van der Waals surface area contributed by atoms with Gasteiger partial charge >= 0.3 is 0 Å².